The van der Waals surface area contributed by atoms with E-state index in [1.54, 1.807) is 16.8 Å². The third kappa shape index (κ3) is 2.48. The van der Waals surface area contributed by atoms with E-state index in [1.807, 2.05) is 26.0 Å². The van der Waals surface area contributed by atoms with E-state index in [-0.39, 0.29) is 6.04 Å². The molecule has 2 rings (SSSR count). The zero-order valence-electron chi connectivity index (χ0n) is 10.4. The normalized spacial score (nSPS) is 10.3. The van der Waals surface area contributed by atoms with Crippen molar-refractivity contribution in [2.75, 3.05) is 0 Å². The minimum atomic E-state index is 0.234. The molecule has 1 heterocycles. The van der Waals surface area contributed by atoms with Crippen molar-refractivity contribution in [3.05, 3.63) is 42.0 Å². The summed E-state index contributed by atoms with van der Waals surface area (Å²) in [4.78, 5) is 4.15. The Morgan fingerprint density at radius 3 is 2.89 bits per heavy atom. The monoisotopic (exact) mass is 242 g/mol. The van der Waals surface area contributed by atoms with Crippen molar-refractivity contribution < 1.29 is 4.74 Å². The van der Waals surface area contributed by atoms with Gasteiger partial charge in [0.25, 0.3) is 0 Å². The van der Waals surface area contributed by atoms with Crippen LogP contribution in [-0.2, 0) is 6.61 Å². The van der Waals surface area contributed by atoms with Crippen molar-refractivity contribution >= 4 is 0 Å². The molecule has 0 amide bonds. The SMILES string of the molecule is CC(C)n1ncnc1COc1ccccc1C#N. The summed E-state index contributed by atoms with van der Waals surface area (Å²) in [5.74, 6) is 1.32. The Morgan fingerprint density at radius 1 is 1.39 bits per heavy atom. The largest absolute Gasteiger partial charge is 0.484 e. The lowest BCUT2D eigenvalue weighted by Gasteiger charge is -2.11. The molecule has 0 saturated heterocycles. The van der Waals surface area contributed by atoms with Crippen molar-refractivity contribution in [2.45, 2.75) is 26.5 Å². The lowest BCUT2D eigenvalue weighted by atomic mass is 10.2. The van der Waals surface area contributed by atoms with Crippen LogP contribution in [0.3, 0.4) is 0 Å². The minimum absolute atomic E-state index is 0.234. The van der Waals surface area contributed by atoms with Gasteiger partial charge < -0.3 is 4.74 Å². The maximum absolute atomic E-state index is 8.96. The molecule has 0 bridgehead atoms. The fourth-order valence-corrected chi connectivity index (χ4v) is 1.64. The van der Waals surface area contributed by atoms with Gasteiger partial charge in [0.2, 0.25) is 0 Å². The van der Waals surface area contributed by atoms with Gasteiger partial charge in [-0.05, 0) is 26.0 Å². The van der Waals surface area contributed by atoms with E-state index in [9.17, 15) is 0 Å². The second-order valence-corrected chi connectivity index (χ2v) is 4.11. The molecule has 0 aliphatic heterocycles. The predicted molar refractivity (Wildman–Crippen MR) is 65.9 cm³/mol. The van der Waals surface area contributed by atoms with Crippen LogP contribution in [0.5, 0.6) is 5.75 Å². The van der Waals surface area contributed by atoms with E-state index < -0.39 is 0 Å². The molecule has 0 unspecified atom stereocenters. The summed E-state index contributed by atoms with van der Waals surface area (Å²) >= 11 is 0. The number of aromatic nitrogens is 3. The fraction of sp³-hybridized carbons (Fsp3) is 0.308. The van der Waals surface area contributed by atoms with E-state index >= 15 is 0 Å². The molecule has 0 N–H and O–H groups in total. The standard InChI is InChI=1S/C13H14N4O/c1-10(2)17-13(15-9-16-17)8-18-12-6-4-3-5-11(12)7-14/h3-6,9-10H,8H2,1-2H3. The van der Waals surface area contributed by atoms with Gasteiger partial charge in [0.05, 0.1) is 5.56 Å². The number of ether oxygens (including phenoxy) is 1. The molecular weight excluding hydrogens is 228 g/mol. The van der Waals surface area contributed by atoms with Gasteiger partial charge in [0.15, 0.2) is 5.82 Å². The zero-order chi connectivity index (χ0) is 13.0. The number of nitriles is 1. The number of benzene rings is 1. The van der Waals surface area contributed by atoms with E-state index in [0.29, 0.717) is 17.9 Å². The molecule has 0 aliphatic rings. The highest BCUT2D eigenvalue weighted by molar-refractivity contribution is 5.42. The van der Waals surface area contributed by atoms with Crippen LogP contribution < -0.4 is 4.74 Å². The average Bonchev–Trinajstić information content (AvgIpc) is 2.85. The maximum Gasteiger partial charge on any atom is 0.165 e. The van der Waals surface area contributed by atoms with Gasteiger partial charge in [0, 0.05) is 6.04 Å². The Morgan fingerprint density at radius 2 is 2.17 bits per heavy atom. The Hall–Kier alpha value is -2.35. The van der Waals surface area contributed by atoms with E-state index in [1.165, 1.54) is 6.33 Å². The molecule has 2 aromatic rings. The van der Waals surface area contributed by atoms with Crippen molar-refractivity contribution in [2.24, 2.45) is 0 Å². The predicted octanol–water partition coefficient (Wildman–Crippen LogP) is 2.31. The summed E-state index contributed by atoms with van der Waals surface area (Å²) < 4.78 is 7.42. The summed E-state index contributed by atoms with van der Waals surface area (Å²) in [5.41, 5.74) is 0.521. The molecule has 0 radical (unpaired) electrons. The van der Waals surface area contributed by atoms with Gasteiger partial charge in [0.1, 0.15) is 24.8 Å². The van der Waals surface area contributed by atoms with Crippen molar-refractivity contribution in [1.82, 2.24) is 14.8 Å². The van der Waals surface area contributed by atoms with Gasteiger partial charge in [-0.3, -0.25) is 0 Å². The van der Waals surface area contributed by atoms with E-state index in [2.05, 4.69) is 16.2 Å². The molecule has 0 aliphatic carbocycles. The second kappa shape index (κ2) is 5.32. The Labute approximate surface area is 106 Å². The van der Waals surface area contributed by atoms with Crippen LogP contribution in [0.15, 0.2) is 30.6 Å². The van der Waals surface area contributed by atoms with Gasteiger partial charge in [-0.1, -0.05) is 12.1 Å². The maximum atomic E-state index is 8.96. The van der Waals surface area contributed by atoms with E-state index in [0.717, 1.165) is 5.82 Å². The molecule has 92 valence electrons. The van der Waals surface area contributed by atoms with Crippen LogP contribution in [0.25, 0.3) is 0 Å². The van der Waals surface area contributed by atoms with Crippen molar-refractivity contribution in [3.8, 4) is 11.8 Å². The van der Waals surface area contributed by atoms with Crippen LogP contribution in [-0.4, -0.2) is 14.8 Å². The van der Waals surface area contributed by atoms with Crippen molar-refractivity contribution in [1.29, 1.82) is 5.26 Å². The number of hydrogen-bond donors (Lipinski definition) is 0. The van der Waals surface area contributed by atoms with Crippen LogP contribution in [0.1, 0.15) is 31.3 Å². The first-order valence-corrected chi connectivity index (χ1v) is 5.72. The quantitative estimate of drug-likeness (QED) is 0.825. The highest BCUT2D eigenvalue weighted by Gasteiger charge is 2.09. The fourth-order valence-electron chi connectivity index (χ4n) is 1.64. The molecule has 0 spiro atoms. The number of hydrogen-bond acceptors (Lipinski definition) is 4. The Balaban J connectivity index is 2.12. The zero-order valence-corrected chi connectivity index (χ0v) is 10.4. The topological polar surface area (TPSA) is 63.7 Å². The van der Waals surface area contributed by atoms with Crippen LogP contribution in [0, 0.1) is 11.3 Å². The summed E-state index contributed by atoms with van der Waals surface area (Å²) in [6.07, 6.45) is 1.51. The number of para-hydroxylation sites is 1. The summed E-state index contributed by atoms with van der Waals surface area (Å²) in [6.45, 7) is 4.36. The van der Waals surface area contributed by atoms with Gasteiger partial charge >= 0.3 is 0 Å². The smallest absolute Gasteiger partial charge is 0.165 e. The molecule has 5 nitrogen and oxygen atoms in total. The summed E-state index contributed by atoms with van der Waals surface area (Å²) in [5, 5.41) is 13.1. The van der Waals surface area contributed by atoms with Gasteiger partial charge in [-0.15, -0.1) is 0 Å². The lowest BCUT2D eigenvalue weighted by molar-refractivity contribution is 0.281. The minimum Gasteiger partial charge on any atom is -0.484 e. The molecule has 18 heavy (non-hydrogen) atoms. The average molecular weight is 242 g/mol. The molecule has 0 saturated carbocycles. The highest BCUT2D eigenvalue weighted by atomic mass is 16.5. The molecule has 0 fully saturated rings. The van der Waals surface area contributed by atoms with Crippen LogP contribution in [0.4, 0.5) is 0 Å². The Bertz CT molecular complexity index is 568. The first-order valence-electron chi connectivity index (χ1n) is 5.72. The first kappa shape index (κ1) is 12.1. The molecule has 1 aromatic heterocycles. The van der Waals surface area contributed by atoms with Gasteiger partial charge in [-0.25, -0.2) is 9.67 Å². The second-order valence-electron chi connectivity index (χ2n) is 4.11. The third-order valence-electron chi connectivity index (χ3n) is 2.50. The third-order valence-corrected chi connectivity index (χ3v) is 2.50. The number of nitrogens with zero attached hydrogens (tertiary/aromatic N) is 4. The molecule has 0 atom stereocenters. The number of rotatable bonds is 4. The molecule has 1 aromatic carbocycles. The van der Waals surface area contributed by atoms with Crippen molar-refractivity contribution in [3.63, 3.8) is 0 Å². The van der Waals surface area contributed by atoms with Crippen LogP contribution >= 0.6 is 0 Å². The Kier molecular flexibility index (Phi) is 3.58. The van der Waals surface area contributed by atoms with E-state index in [4.69, 9.17) is 10.00 Å². The highest BCUT2D eigenvalue weighted by Crippen LogP contribution is 2.18. The molecule has 5 heteroatoms. The first-order chi connectivity index (χ1) is 8.72. The summed E-state index contributed by atoms with van der Waals surface area (Å²) in [6, 6.07) is 9.47. The molecular formula is C13H14N4O. The summed E-state index contributed by atoms with van der Waals surface area (Å²) in [7, 11) is 0. The lowest BCUT2D eigenvalue weighted by Crippen LogP contribution is -2.11. The van der Waals surface area contributed by atoms with Gasteiger partial charge in [-0.2, -0.15) is 10.4 Å². The van der Waals surface area contributed by atoms with Crippen LogP contribution in [0.2, 0.25) is 0 Å².